The summed E-state index contributed by atoms with van der Waals surface area (Å²) in [7, 11) is 1.45. The van der Waals surface area contributed by atoms with Crippen LogP contribution in [-0.2, 0) is 0 Å². The summed E-state index contributed by atoms with van der Waals surface area (Å²) < 4.78 is 10.2. The maximum Gasteiger partial charge on any atom is 0.219 e. The van der Waals surface area contributed by atoms with Crippen molar-refractivity contribution in [1.82, 2.24) is 0 Å². The lowest BCUT2D eigenvalue weighted by Crippen LogP contribution is -2.11. The number of ketones is 1. The highest BCUT2D eigenvalue weighted by molar-refractivity contribution is 6.30. The molecule has 4 nitrogen and oxygen atoms in total. The van der Waals surface area contributed by atoms with Crippen molar-refractivity contribution >= 4 is 29.0 Å². The molecule has 0 amide bonds. The fourth-order valence-electron chi connectivity index (χ4n) is 1.79. The zero-order valence-electron chi connectivity index (χ0n) is 10.4. The third-order valence-electron chi connectivity index (χ3n) is 2.71. The minimum atomic E-state index is -1.08. The molecule has 0 saturated carbocycles. The van der Waals surface area contributed by atoms with E-state index in [-0.39, 0.29) is 11.0 Å². The molecule has 0 fully saturated rings. The second-order valence-electron chi connectivity index (χ2n) is 3.92. The van der Waals surface area contributed by atoms with E-state index in [4.69, 9.17) is 32.4 Å². The van der Waals surface area contributed by atoms with Crippen LogP contribution < -0.4 is 4.74 Å². The number of hydrogen-bond acceptors (Lipinski definition) is 4. The van der Waals surface area contributed by atoms with Gasteiger partial charge in [-0.2, -0.15) is 5.26 Å². The third kappa shape index (κ3) is 2.79. The quantitative estimate of drug-likeness (QED) is 0.798. The third-order valence-corrected chi connectivity index (χ3v) is 3.15. The highest BCUT2D eigenvalue weighted by atomic mass is 35.5. The molecule has 0 spiro atoms. The molecule has 102 valence electrons. The van der Waals surface area contributed by atoms with Crippen LogP contribution in [0.2, 0.25) is 10.2 Å². The summed E-state index contributed by atoms with van der Waals surface area (Å²) in [5.41, 5.74) is 0.389. The number of ether oxygens (including phenoxy) is 1. The Morgan fingerprint density at radius 3 is 2.65 bits per heavy atom. The summed E-state index contributed by atoms with van der Waals surface area (Å²) in [6.07, 6.45) is 0. The Hall–Kier alpha value is -1.96. The number of Topliss-reactive ketones (excluding diaryl/α,β-unsaturated/α-hetero) is 1. The summed E-state index contributed by atoms with van der Waals surface area (Å²) in [4.78, 5) is 12.3. The lowest BCUT2D eigenvalue weighted by atomic mass is 9.94. The monoisotopic (exact) mass is 309 g/mol. The van der Waals surface area contributed by atoms with Gasteiger partial charge in [-0.1, -0.05) is 11.6 Å². The predicted molar refractivity (Wildman–Crippen MR) is 74.4 cm³/mol. The standard InChI is InChI=1S/C14H9Cl2NO3/c1-19-11-3-2-8(15)6-9(11)10(7-17)14(18)12-4-5-13(16)20-12/h2-6,10H,1H3. The Morgan fingerprint density at radius 1 is 1.35 bits per heavy atom. The molecule has 0 aliphatic heterocycles. The van der Waals surface area contributed by atoms with Crippen molar-refractivity contribution in [3.05, 3.63) is 51.9 Å². The van der Waals surface area contributed by atoms with E-state index < -0.39 is 11.7 Å². The van der Waals surface area contributed by atoms with E-state index in [1.807, 2.05) is 6.07 Å². The fourth-order valence-corrected chi connectivity index (χ4v) is 2.12. The number of methoxy groups -OCH3 is 1. The van der Waals surface area contributed by atoms with Gasteiger partial charge in [0.15, 0.2) is 11.0 Å². The molecular formula is C14H9Cl2NO3. The van der Waals surface area contributed by atoms with Crippen LogP contribution in [0.15, 0.2) is 34.7 Å². The molecule has 0 bridgehead atoms. The van der Waals surface area contributed by atoms with Crippen LogP contribution in [0, 0.1) is 11.3 Å². The molecule has 1 unspecified atom stereocenters. The summed E-state index contributed by atoms with van der Waals surface area (Å²) in [5, 5.41) is 9.78. The largest absolute Gasteiger partial charge is 0.496 e. The van der Waals surface area contributed by atoms with E-state index >= 15 is 0 Å². The molecule has 1 heterocycles. The molecule has 20 heavy (non-hydrogen) atoms. The highest BCUT2D eigenvalue weighted by Crippen LogP contribution is 2.32. The number of furan rings is 1. The van der Waals surface area contributed by atoms with Gasteiger partial charge in [0.05, 0.1) is 13.2 Å². The van der Waals surface area contributed by atoms with Crippen molar-refractivity contribution in [1.29, 1.82) is 5.26 Å². The normalized spacial score (nSPS) is 11.7. The minimum Gasteiger partial charge on any atom is -0.496 e. The molecule has 1 aromatic carbocycles. The highest BCUT2D eigenvalue weighted by Gasteiger charge is 2.27. The van der Waals surface area contributed by atoms with E-state index in [0.29, 0.717) is 16.3 Å². The number of nitriles is 1. The average Bonchev–Trinajstić information content (AvgIpc) is 2.86. The fraction of sp³-hybridized carbons (Fsp3) is 0.143. The SMILES string of the molecule is COc1ccc(Cl)cc1C(C#N)C(=O)c1ccc(Cl)o1. The predicted octanol–water partition coefficient (Wildman–Crippen LogP) is 4.09. The molecule has 0 aliphatic rings. The number of carbonyl (C=O) groups excluding carboxylic acids is 1. The molecule has 0 aliphatic carbocycles. The number of nitrogens with zero attached hydrogens (tertiary/aromatic N) is 1. The van der Waals surface area contributed by atoms with E-state index in [1.165, 1.54) is 25.3 Å². The lowest BCUT2D eigenvalue weighted by molar-refractivity contribution is 0.0951. The molecule has 0 radical (unpaired) electrons. The van der Waals surface area contributed by atoms with Gasteiger partial charge in [0, 0.05) is 10.6 Å². The molecule has 2 aromatic rings. The van der Waals surface area contributed by atoms with Crippen LogP contribution in [0.3, 0.4) is 0 Å². The van der Waals surface area contributed by atoms with Crippen molar-refractivity contribution in [2.75, 3.05) is 7.11 Å². The second-order valence-corrected chi connectivity index (χ2v) is 4.73. The van der Waals surface area contributed by atoms with Gasteiger partial charge in [0.1, 0.15) is 11.7 Å². The first-order valence-electron chi connectivity index (χ1n) is 5.59. The molecule has 6 heteroatoms. The molecule has 0 saturated heterocycles. The lowest BCUT2D eigenvalue weighted by Gasteiger charge is -2.12. The van der Waals surface area contributed by atoms with Crippen molar-refractivity contribution in [2.24, 2.45) is 0 Å². The van der Waals surface area contributed by atoms with Gasteiger partial charge in [-0.05, 0) is 41.9 Å². The van der Waals surface area contributed by atoms with Gasteiger partial charge in [-0.15, -0.1) is 0 Å². The average molecular weight is 310 g/mol. The van der Waals surface area contributed by atoms with Gasteiger partial charge in [0.25, 0.3) is 0 Å². The Kier molecular flexibility index (Phi) is 4.33. The minimum absolute atomic E-state index is 0.0172. The summed E-state index contributed by atoms with van der Waals surface area (Å²) >= 11 is 11.5. The van der Waals surface area contributed by atoms with Gasteiger partial charge in [0.2, 0.25) is 5.78 Å². The summed E-state index contributed by atoms with van der Waals surface area (Å²) in [5.74, 6) is -1.15. The summed E-state index contributed by atoms with van der Waals surface area (Å²) in [6, 6.07) is 9.55. The molecule has 2 rings (SSSR count). The smallest absolute Gasteiger partial charge is 0.219 e. The number of carbonyl (C=O) groups is 1. The first-order chi connectivity index (χ1) is 9.56. The molecule has 1 aromatic heterocycles. The molecule has 1 atom stereocenters. The zero-order valence-corrected chi connectivity index (χ0v) is 11.9. The number of benzene rings is 1. The second kappa shape index (κ2) is 6.00. The maximum atomic E-state index is 12.3. The van der Waals surface area contributed by atoms with Gasteiger partial charge in [-0.3, -0.25) is 4.79 Å². The van der Waals surface area contributed by atoms with Crippen molar-refractivity contribution in [3.8, 4) is 11.8 Å². The zero-order chi connectivity index (χ0) is 14.7. The number of rotatable bonds is 4. The van der Waals surface area contributed by atoms with E-state index in [2.05, 4.69) is 0 Å². The number of hydrogen-bond donors (Lipinski definition) is 0. The van der Waals surface area contributed by atoms with E-state index in [9.17, 15) is 10.1 Å². The topological polar surface area (TPSA) is 63.2 Å². The maximum absolute atomic E-state index is 12.3. The van der Waals surface area contributed by atoms with Crippen molar-refractivity contribution < 1.29 is 13.9 Å². The van der Waals surface area contributed by atoms with Crippen LogP contribution in [0.5, 0.6) is 5.75 Å². The molecular weight excluding hydrogens is 301 g/mol. The van der Waals surface area contributed by atoms with E-state index in [1.54, 1.807) is 12.1 Å². The van der Waals surface area contributed by atoms with Crippen LogP contribution in [-0.4, -0.2) is 12.9 Å². The number of halogens is 2. The van der Waals surface area contributed by atoms with Crippen molar-refractivity contribution in [3.63, 3.8) is 0 Å². The van der Waals surface area contributed by atoms with Crippen molar-refractivity contribution in [2.45, 2.75) is 5.92 Å². The van der Waals surface area contributed by atoms with Crippen LogP contribution in [0.1, 0.15) is 22.0 Å². The van der Waals surface area contributed by atoms with Gasteiger partial charge >= 0.3 is 0 Å². The van der Waals surface area contributed by atoms with E-state index in [0.717, 1.165) is 0 Å². The Bertz CT molecular complexity index is 688. The first-order valence-corrected chi connectivity index (χ1v) is 6.35. The Morgan fingerprint density at radius 2 is 2.10 bits per heavy atom. The van der Waals surface area contributed by atoms with Crippen LogP contribution in [0.4, 0.5) is 0 Å². The Labute approximate surface area is 125 Å². The summed E-state index contributed by atoms with van der Waals surface area (Å²) in [6.45, 7) is 0. The Balaban J connectivity index is 2.45. The first kappa shape index (κ1) is 14.4. The van der Waals surface area contributed by atoms with Crippen LogP contribution >= 0.6 is 23.2 Å². The van der Waals surface area contributed by atoms with Gasteiger partial charge in [-0.25, -0.2) is 0 Å². The van der Waals surface area contributed by atoms with Gasteiger partial charge < -0.3 is 9.15 Å². The molecule has 0 N–H and O–H groups in total. The van der Waals surface area contributed by atoms with Crippen LogP contribution in [0.25, 0.3) is 0 Å².